The lowest BCUT2D eigenvalue weighted by molar-refractivity contribution is -0.117. The summed E-state index contributed by atoms with van der Waals surface area (Å²) in [6.45, 7) is 0.702. The van der Waals surface area contributed by atoms with Crippen LogP contribution in [0.25, 0.3) is 0 Å². The number of nitrogens with two attached hydrogens (primary N) is 1. The summed E-state index contributed by atoms with van der Waals surface area (Å²) < 4.78 is 19.1. The maximum Gasteiger partial charge on any atom is 0.228 e. The molecule has 122 valence electrons. The zero-order valence-electron chi connectivity index (χ0n) is 12.4. The predicted molar refractivity (Wildman–Crippen MR) is 89.4 cm³/mol. The zero-order valence-corrected chi connectivity index (χ0v) is 13.3. The normalized spacial score (nSPS) is 17.0. The van der Waals surface area contributed by atoms with Gasteiger partial charge in [-0.1, -0.05) is 18.2 Å². The fourth-order valence-electron chi connectivity index (χ4n) is 2.48. The van der Waals surface area contributed by atoms with Crippen LogP contribution in [0.5, 0.6) is 5.75 Å². The van der Waals surface area contributed by atoms with Crippen LogP contribution >= 0.6 is 12.4 Å². The number of amides is 1. The van der Waals surface area contributed by atoms with Crippen molar-refractivity contribution in [2.45, 2.75) is 19.1 Å². The second kappa shape index (κ2) is 7.44. The lowest BCUT2D eigenvalue weighted by atomic mass is 10.2. The molecule has 1 amide bonds. The topological polar surface area (TPSA) is 55.6 Å². The smallest absolute Gasteiger partial charge is 0.228 e. The fourth-order valence-corrected chi connectivity index (χ4v) is 2.48. The summed E-state index contributed by atoms with van der Waals surface area (Å²) >= 11 is 0. The van der Waals surface area contributed by atoms with E-state index in [9.17, 15) is 9.18 Å². The molecule has 1 heterocycles. The first-order valence-corrected chi connectivity index (χ1v) is 7.16. The second-order valence-electron chi connectivity index (χ2n) is 5.34. The molecule has 0 bridgehead atoms. The molecule has 1 atom stereocenters. The number of carbonyl (C=O) groups excluding carboxylic acids is 1. The Morgan fingerprint density at radius 3 is 2.48 bits per heavy atom. The van der Waals surface area contributed by atoms with Crippen molar-refractivity contribution in [3.63, 3.8) is 0 Å². The van der Waals surface area contributed by atoms with Gasteiger partial charge in [-0.15, -0.1) is 12.4 Å². The molecule has 0 aromatic heterocycles. The minimum atomic E-state index is -0.282. The molecule has 2 N–H and O–H groups in total. The van der Waals surface area contributed by atoms with Gasteiger partial charge < -0.3 is 15.4 Å². The predicted octanol–water partition coefficient (Wildman–Crippen LogP) is 2.89. The fraction of sp³-hybridized carbons (Fsp3) is 0.235. The van der Waals surface area contributed by atoms with Crippen LogP contribution < -0.4 is 15.4 Å². The number of hydrogen-bond acceptors (Lipinski definition) is 3. The van der Waals surface area contributed by atoms with E-state index < -0.39 is 0 Å². The van der Waals surface area contributed by atoms with E-state index in [0.717, 1.165) is 5.69 Å². The molecule has 2 aromatic carbocycles. The van der Waals surface area contributed by atoms with E-state index in [1.807, 2.05) is 12.1 Å². The summed E-state index contributed by atoms with van der Waals surface area (Å²) in [5.74, 6) is 0.381. The van der Waals surface area contributed by atoms with Gasteiger partial charge in [0.1, 0.15) is 18.2 Å². The molecule has 4 nitrogen and oxygen atoms in total. The molecule has 0 spiro atoms. The van der Waals surface area contributed by atoms with Gasteiger partial charge >= 0.3 is 0 Å². The summed E-state index contributed by atoms with van der Waals surface area (Å²) in [6.07, 6.45) is 0.380. The zero-order chi connectivity index (χ0) is 15.5. The molecule has 1 saturated heterocycles. The number of halogens is 2. The molecule has 23 heavy (non-hydrogen) atoms. The van der Waals surface area contributed by atoms with Gasteiger partial charge in [-0.2, -0.15) is 0 Å². The van der Waals surface area contributed by atoms with Gasteiger partial charge in [0.2, 0.25) is 5.91 Å². The summed E-state index contributed by atoms with van der Waals surface area (Å²) in [5.41, 5.74) is 7.10. The molecule has 3 rings (SSSR count). The minimum Gasteiger partial charge on any atom is -0.489 e. The molecule has 6 heteroatoms. The van der Waals surface area contributed by atoms with Crippen LogP contribution in [0, 0.1) is 5.82 Å². The number of rotatable bonds is 4. The molecule has 1 unspecified atom stereocenters. The van der Waals surface area contributed by atoms with Gasteiger partial charge in [-0.3, -0.25) is 4.79 Å². The largest absolute Gasteiger partial charge is 0.489 e. The van der Waals surface area contributed by atoms with Crippen LogP contribution in [0.15, 0.2) is 48.5 Å². The average Bonchev–Trinajstić information content (AvgIpc) is 2.86. The summed E-state index contributed by atoms with van der Waals surface area (Å²) in [7, 11) is 0. The number of ether oxygens (including phenoxy) is 1. The van der Waals surface area contributed by atoms with Crippen LogP contribution in [-0.4, -0.2) is 18.5 Å². The Hall–Kier alpha value is -2.11. The van der Waals surface area contributed by atoms with E-state index in [1.165, 1.54) is 6.07 Å². The van der Waals surface area contributed by atoms with Crippen molar-refractivity contribution in [3.05, 3.63) is 59.9 Å². The lowest BCUT2D eigenvalue weighted by Gasteiger charge is -2.16. The van der Waals surface area contributed by atoms with Crippen LogP contribution in [0.4, 0.5) is 10.1 Å². The van der Waals surface area contributed by atoms with Gasteiger partial charge in [0.05, 0.1) is 0 Å². The summed E-state index contributed by atoms with van der Waals surface area (Å²) in [6, 6.07) is 13.6. The Kier molecular flexibility index (Phi) is 5.58. The van der Waals surface area contributed by atoms with E-state index in [2.05, 4.69) is 0 Å². The summed E-state index contributed by atoms with van der Waals surface area (Å²) in [4.78, 5) is 13.5. The highest BCUT2D eigenvalue weighted by atomic mass is 35.5. The Labute approximate surface area is 140 Å². The minimum absolute atomic E-state index is 0. The van der Waals surface area contributed by atoms with E-state index in [1.54, 1.807) is 35.2 Å². The van der Waals surface area contributed by atoms with Crippen molar-refractivity contribution in [2.24, 2.45) is 5.73 Å². The maximum atomic E-state index is 13.5. The van der Waals surface area contributed by atoms with Crippen LogP contribution in [0.3, 0.4) is 0 Å². The number of anilines is 1. The van der Waals surface area contributed by atoms with Gasteiger partial charge in [0, 0.05) is 30.3 Å². The Morgan fingerprint density at radius 2 is 1.87 bits per heavy atom. The van der Waals surface area contributed by atoms with Crippen LogP contribution in [0.1, 0.15) is 12.0 Å². The number of nitrogens with zero attached hydrogens (tertiary/aromatic N) is 1. The molecule has 0 saturated carbocycles. The van der Waals surface area contributed by atoms with Gasteiger partial charge in [0.25, 0.3) is 0 Å². The molecule has 0 radical (unpaired) electrons. The third-order valence-corrected chi connectivity index (χ3v) is 3.66. The van der Waals surface area contributed by atoms with E-state index in [4.69, 9.17) is 10.5 Å². The number of benzene rings is 2. The average molecular weight is 337 g/mol. The SMILES string of the molecule is Cl.NC1CC(=O)N(c2ccc(OCc3ccccc3F)cc2)C1. The molecular weight excluding hydrogens is 319 g/mol. The van der Waals surface area contributed by atoms with Crippen molar-refractivity contribution in [1.29, 1.82) is 0 Å². The number of hydrogen-bond donors (Lipinski definition) is 1. The van der Waals surface area contributed by atoms with Crippen molar-refractivity contribution in [2.75, 3.05) is 11.4 Å². The molecule has 0 aliphatic carbocycles. The monoisotopic (exact) mass is 336 g/mol. The van der Waals surface area contributed by atoms with Crippen molar-refractivity contribution in [1.82, 2.24) is 0 Å². The van der Waals surface area contributed by atoms with Crippen molar-refractivity contribution in [3.8, 4) is 5.75 Å². The summed E-state index contributed by atoms with van der Waals surface area (Å²) in [5, 5.41) is 0. The van der Waals surface area contributed by atoms with E-state index in [-0.39, 0.29) is 36.8 Å². The van der Waals surface area contributed by atoms with Crippen molar-refractivity contribution < 1.29 is 13.9 Å². The Bertz CT molecular complexity index is 679. The van der Waals surface area contributed by atoms with E-state index >= 15 is 0 Å². The van der Waals surface area contributed by atoms with Crippen LogP contribution in [0.2, 0.25) is 0 Å². The first-order valence-electron chi connectivity index (χ1n) is 7.16. The standard InChI is InChI=1S/C17H17FN2O2.ClH/c18-16-4-2-1-3-12(16)11-22-15-7-5-14(6-8-15)20-10-13(19)9-17(20)21;/h1-8,13H,9-11,19H2;1H. The third kappa shape index (κ3) is 4.00. The quantitative estimate of drug-likeness (QED) is 0.934. The van der Waals surface area contributed by atoms with E-state index in [0.29, 0.717) is 24.3 Å². The molecule has 1 aliphatic rings. The lowest BCUT2D eigenvalue weighted by Crippen LogP contribution is -2.27. The second-order valence-corrected chi connectivity index (χ2v) is 5.34. The third-order valence-electron chi connectivity index (χ3n) is 3.66. The Balaban J connectivity index is 0.00000192. The molecular formula is C17H18ClFN2O2. The highest BCUT2D eigenvalue weighted by Crippen LogP contribution is 2.24. The highest BCUT2D eigenvalue weighted by Gasteiger charge is 2.27. The molecule has 2 aromatic rings. The molecule has 1 fully saturated rings. The van der Waals surface area contributed by atoms with Gasteiger partial charge in [-0.05, 0) is 30.3 Å². The van der Waals surface area contributed by atoms with Gasteiger partial charge in [-0.25, -0.2) is 4.39 Å². The first kappa shape index (κ1) is 17.2. The van der Waals surface area contributed by atoms with Crippen LogP contribution in [-0.2, 0) is 11.4 Å². The van der Waals surface area contributed by atoms with Gasteiger partial charge in [0.15, 0.2) is 0 Å². The maximum absolute atomic E-state index is 13.5. The Morgan fingerprint density at radius 1 is 1.17 bits per heavy atom. The molecule has 1 aliphatic heterocycles. The first-order chi connectivity index (χ1) is 10.6. The van der Waals surface area contributed by atoms with Crippen molar-refractivity contribution >= 4 is 24.0 Å². The highest BCUT2D eigenvalue weighted by molar-refractivity contribution is 5.96. The number of carbonyl (C=O) groups is 1.